The number of nitrogens with one attached hydrogen (secondary N) is 1. The summed E-state index contributed by atoms with van der Waals surface area (Å²) in [6, 6.07) is 10.3. The van der Waals surface area contributed by atoms with Crippen molar-refractivity contribution in [2.24, 2.45) is 5.73 Å². The Labute approximate surface area is 127 Å². The van der Waals surface area contributed by atoms with E-state index >= 15 is 0 Å². The third kappa shape index (κ3) is 5.05. The summed E-state index contributed by atoms with van der Waals surface area (Å²) in [7, 11) is 2.07. The molecular weight excluding hydrogens is 262 g/mol. The Hall–Kier alpha value is -1.55. The first-order valence-corrected chi connectivity index (χ1v) is 7.91. The van der Waals surface area contributed by atoms with E-state index < -0.39 is 0 Å². The topological polar surface area (TPSA) is 58.4 Å². The first-order valence-electron chi connectivity index (χ1n) is 7.91. The third-order valence-electron chi connectivity index (χ3n) is 4.30. The lowest BCUT2D eigenvalue weighted by Gasteiger charge is -2.23. The molecule has 1 amide bonds. The van der Waals surface area contributed by atoms with Gasteiger partial charge in [0.2, 0.25) is 5.91 Å². The Bertz CT molecular complexity index is 441. The molecule has 1 aromatic rings. The highest BCUT2D eigenvalue weighted by Crippen LogP contribution is 2.29. The van der Waals surface area contributed by atoms with Gasteiger partial charge in [-0.25, -0.2) is 0 Å². The van der Waals surface area contributed by atoms with Crippen LogP contribution in [0.4, 0.5) is 5.69 Å². The van der Waals surface area contributed by atoms with Crippen LogP contribution in [0.1, 0.15) is 38.5 Å². The van der Waals surface area contributed by atoms with Crippen molar-refractivity contribution in [2.75, 3.05) is 25.0 Å². The van der Waals surface area contributed by atoms with Crippen LogP contribution in [0, 0.1) is 0 Å². The molecule has 0 aromatic heterocycles. The predicted octanol–water partition coefficient (Wildman–Crippen LogP) is 2.29. The van der Waals surface area contributed by atoms with Gasteiger partial charge in [-0.3, -0.25) is 4.79 Å². The molecule has 1 aromatic carbocycles. The van der Waals surface area contributed by atoms with Gasteiger partial charge in [-0.05, 0) is 31.4 Å². The summed E-state index contributed by atoms with van der Waals surface area (Å²) in [6.45, 7) is 1.64. The lowest BCUT2D eigenvalue weighted by molar-refractivity contribution is -0.122. The summed E-state index contributed by atoms with van der Waals surface area (Å²) in [5.74, 6) is 0.0989. The number of anilines is 1. The number of hydrogen-bond donors (Lipinski definition) is 2. The van der Waals surface area contributed by atoms with Gasteiger partial charge in [0, 0.05) is 37.8 Å². The Morgan fingerprint density at radius 1 is 1.29 bits per heavy atom. The molecule has 0 aliphatic heterocycles. The number of para-hydroxylation sites is 1. The molecule has 1 aliphatic carbocycles. The van der Waals surface area contributed by atoms with E-state index in [2.05, 4.69) is 29.4 Å². The molecule has 21 heavy (non-hydrogen) atoms. The number of hydrogen-bond acceptors (Lipinski definition) is 3. The van der Waals surface area contributed by atoms with Crippen molar-refractivity contribution in [3.63, 3.8) is 0 Å². The van der Waals surface area contributed by atoms with Crippen molar-refractivity contribution in [1.29, 1.82) is 0 Å². The van der Waals surface area contributed by atoms with Crippen LogP contribution in [0.5, 0.6) is 0 Å². The smallest absolute Gasteiger partial charge is 0.221 e. The van der Waals surface area contributed by atoms with Gasteiger partial charge in [0.25, 0.3) is 0 Å². The number of nitrogens with two attached hydrogens (primary N) is 1. The van der Waals surface area contributed by atoms with Crippen molar-refractivity contribution in [1.82, 2.24) is 5.32 Å². The number of carbonyl (C=O) groups is 1. The third-order valence-corrected chi connectivity index (χ3v) is 4.30. The Morgan fingerprint density at radius 2 is 1.95 bits per heavy atom. The molecule has 3 N–H and O–H groups in total. The van der Waals surface area contributed by atoms with Gasteiger partial charge < -0.3 is 16.0 Å². The first kappa shape index (κ1) is 15.8. The SMILES string of the molecule is CN(CCCNC(=O)CC1(N)CCCC1)c1ccccc1. The minimum Gasteiger partial charge on any atom is -0.375 e. The molecule has 0 unspecified atom stereocenters. The summed E-state index contributed by atoms with van der Waals surface area (Å²) in [5, 5.41) is 3.00. The predicted molar refractivity (Wildman–Crippen MR) is 87.3 cm³/mol. The second-order valence-corrected chi connectivity index (χ2v) is 6.21. The highest BCUT2D eigenvalue weighted by molar-refractivity contribution is 5.77. The number of amides is 1. The van der Waals surface area contributed by atoms with Crippen molar-refractivity contribution in [3.8, 4) is 0 Å². The molecule has 1 saturated carbocycles. The van der Waals surface area contributed by atoms with Crippen LogP contribution in [0.25, 0.3) is 0 Å². The molecule has 0 atom stereocenters. The lowest BCUT2D eigenvalue weighted by Crippen LogP contribution is -2.42. The van der Waals surface area contributed by atoms with Crippen LogP contribution in [0.2, 0.25) is 0 Å². The maximum atomic E-state index is 11.9. The molecule has 1 aliphatic rings. The van der Waals surface area contributed by atoms with Gasteiger partial charge in [-0.1, -0.05) is 31.0 Å². The Balaban J connectivity index is 1.62. The van der Waals surface area contributed by atoms with Crippen LogP contribution in [0.3, 0.4) is 0 Å². The van der Waals surface area contributed by atoms with Crippen molar-refractivity contribution < 1.29 is 4.79 Å². The largest absolute Gasteiger partial charge is 0.375 e. The van der Waals surface area contributed by atoms with Crippen molar-refractivity contribution in [2.45, 2.75) is 44.1 Å². The summed E-state index contributed by atoms with van der Waals surface area (Å²) in [5.41, 5.74) is 7.18. The van der Waals surface area contributed by atoms with Crippen LogP contribution >= 0.6 is 0 Å². The van der Waals surface area contributed by atoms with Crippen molar-refractivity contribution in [3.05, 3.63) is 30.3 Å². The Kier molecular flexibility index (Phi) is 5.62. The van der Waals surface area contributed by atoms with Gasteiger partial charge in [0.1, 0.15) is 0 Å². The zero-order chi connectivity index (χ0) is 15.1. The van der Waals surface area contributed by atoms with E-state index in [1.807, 2.05) is 18.2 Å². The summed E-state index contributed by atoms with van der Waals surface area (Å²) in [4.78, 5) is 14.1. The lowest BCUT2D eigenvalue weighted by atomic mass is 9.94. The van der Waals surface area contributed by atoms with Crippen LogP contribution in [-0.2, 0) is 4.79 Å². The molecule has 0 spiro atoms. The fourth-order valence-electron chi connectivity index (χ4n) is 2.99. The van der Waals surface area contributed by atoms with E-state index in [-0.39, 0.29) is 11.4 Å². The fourth-order valence-corrected chi connectivity index (χ4v) is 2.99. The fraction of sp³-hybridized carbons (Fsp3) is 0.588. The zero-order valence-electron chi connectivity index (χ0n) is 13.0. The van der Waals surface area contributed by atoms with Crippen LogP contribution < -0.4 is 16.0 Å². The summed E-state index contributed by atoms with van der Waals surface area (Å²) < 4.78 is 0. The van der Waals surface area contributed by atoms with E-state index in [0.717, 1.165) is 38.6 Å². The molecule has 116 valence electrons. The number of rotatable bonds is 7. The number of nitrogens with zero attached hydrogens (tertiary/aromatic N) is 1. The second kappa shape index (κ2) is 7.46. The van der Waals surface area contributed by atoms with Gasteiger partial charge in [0.15, 0.2) is 0 Å². The molecule has 0 heterocycles. The second-order valence-electron chi connectivity index (χ2n) is 6.21. The quantitative estimate of drug-likeness (QED) is 0.757. The molecule has 0 radical (unpaired) electrons. The van der Waals surface area contributed by atoms with Crippen molar-refractivity contribution >= 4 is 11.6 Å². The van der Waals surface area contributed by atoms with E-state index in [4.69, 9.17) is 5.73 Å². The minimum atomic E-state index is -0.245. The first-order chi connectivity index (χ1) is 10.1. The maximum absolute atomic E-state index is 11.9. The average molecular weight is 289 g/mol. The summed E-state index contributed by atoms with van der Waals surface area (Å²) >= 11 is 0. The molecule has 2 rings (SSSR count). The molecule has 0 saturated heterocycles. The minimum absolute atomic E-state index is 0.0989. The molecule has 0 bridgehead atoms. The van der Waals surface area contributed by atoms with E-state index in [1.165, 1.54) is 5.69 Å². The normalized spacial score (nSPS) is 16.7. The Morgan fingerprint density at radius 3 is 2.62 bits per heavy atom. The highest BCUT2D eigenvalue weighted by atomic mass is 16.1. The average Bonchev–Trinajstić information content (AvgIpc) is 2.90. The molecular formula is C17H27N3O. The molecule has 4 heteroatoms. The standard InChI is InChI=1S/C17H27N3O/c1-20(15-8-3-2-4-9-15)13-7-12-19-16(21)14-17(18)10-5-6-11-17/h2-4,8-9H,5-7,10-14,18H2,1H3,(H,19,21). The maximum Gasteiger partial charge on any atom is 0.221 e. The zero-order valence-corrected chi connectivity index (χ0v) is 13.0. The van der Waals surface area contributed by atoms with E-state index in [0.29, 0.717) is 13.0 Å². The van der Waals surface area contributed by atoms with Gasteiger partial charge in [-0.15, -0.1) is 0 Å². The van der Waals surface area contributed by atoms with Crippen LogP contribution in [-0.4, -0.2) is 31.6 Å². The van der Waals surface area contributed by atoms with Crippen LogP contribution in [0.15, 0.2) is 30.3 Å². The van der Waals surface area contributed by atoms with Gasteiger partial charge >= 0.3 is 0 Å². The molecule has 1 fully saturated rings. The van der Waals surface area contributed by atoms with Gasteiger partial charge in [0.05, 0.1) is 0 Å². The number of benzene rings is 1. The van der Waals surface area contributed by atoms with E-state index in [9.17, 15) is 4.79 Å². The monoisotopic (exact) mass is 289 g/mol. The summed E-state index contributed by atoms with van der Waals surface area (Å²) in [6.07, 6.45) is 5.70. The molecule has 4 nitrogen and oxygen atoms in total. The van der Waals surface area contributed by atoms with Gasteiger partial charge in [-0.2, -0.15) is 0 Å². The highest BCUT2D eigenvalue weighted by Gasteiger charge is 2.31. The van der Waals surface area contributed by atoms with E-state index in [1.54, 1.807) is 0 Å². The number of carbonyl (C=O) groups excluding carboxylic acids is 1.